The van der Waals surface area contributed by atoms with E-state index in [9.17, 15) is 4.79 Å². The number of ether oxygens (including phenoxy) is 1. The summed E-state index contributed by atoms with van der Waals surface area (Å²) in [5, 5.41) is 9.66. The van der Waals surface area contributed by atoms with Crippen molar-refractivity contribution in [3.63, 3.8) is 0 Å². The summed E-state index contributed by atoms with van der Waals surface area (Å²) >= 11 is 0. The first-order valence-corrected chi connectivity index (χ1v) is 10.5. The van der Waals surface area contributed by atoms with Crippen LogP contribution in [0.15, 0.2) is 24.3 Å². The van der Waals surface area contributed by atoms with E-state index >= 15 is 0 Å². The van der Waals surface area contributed by atoms with Gasteiger partial charge in [-0.15, -0.1) is 0 Å². The highest BCUT2D eigenvalue weighted by molar-refractivity contribution is 5.78. The highest BCUT2D eigenvalue weighted by Crippen LogP contribution is 2.32. The van der Waals surface area contributed by atoms with E-state index in [0.717, 1.165) is 24.3 Å². The molecule has 168 valence electrons. The van der Waals surface area contributed by atoms with E-state index in [4.69, 9.17) is 15.5 Å². The fourth-order valence-electron chi connectivity index (χ4n) is 3.51. The number of hydrogen-bond donors (Lipinski definition) is 4. The molecular weight excluding hydrogens is 394 g/mol. The number of nitrogens with two attached hydrogens (primary N) is 1. The standard InChI is InChI=1S/C22H33N7O2/c1-14(30)25-16-10-11-29(13-16)20-18(23)19(26-21(27-20)28-22(2,3)4)24-12-15-6-8-17(31-5)9-7-15/h6-9,16H,10-13,23H2,1-5H3,(H,25,30)(H2,24,26,27,28). The van der Waals surface area contributed by atoms with Gasteiger partial charge in [-0.25, -0.2) is 0 Å². The Morgan fingerprint density at radius 1 is 1.26 bits per heavy atom. The SMILES string of the molecule is COc1ccc(CNc2nc(NC(C)(C)C)nc(N3CCC(NC(C)=O)C3)c2N)cc1. The smallest absolute Gasteiger partial charge is 0.227 e. The van der Waals surface area contributed by atoms with Gasteiger partial charge in [-0.1, -0.05) is 12.1 Å². The van der Waals surface area contributed by atoms with Gasteiger partial charge < -0.3 is 31.3 Å². The Balaban J connectivity index is 1.84. The zero-order valence-electron chi connectivity index (χ0n) is 19.0. The normalized spacial score (nSPS) is 16.2. The summed E-state index contributed by atoms with van der Waals surface area (Å²) in [7, 11) is 1.65. The molecule has 2 aromatic rings. The molecule has 0 radical (unpaired) electrons. The van der Waals surface area contributed by atoms with Crippen LogP contribution in [0.4, 0.5) is 23.3 Å². The third-order valence-electron chi connectivity index (χ3n) is 4.93. The predicted molar refractivity (Wildman–Crippen MR) is 125 cm³/mol. The number of hydrogen-bond acceptors (Lipinski definition) is 8. The Hall–Kier alpha value is -3.23. The second kappa shape index (κ2) is 9.28. The minimum atomic E-state index is -0.204. The van der Waals surface area contributed by atoms with Crippen molar-refractivity contribution in [3.05, 3.63) is 29.8 Å². The van der Waals surface area contributed by atoms with E-state index < -0.39 is 0 Å². The van der Waals surface area contributed by atoms with Crippen LogP contribution in [-0.4, -0.2) is 47.7 Å². The van der Waals surface area contributed by atoms with E-state index in [1.54, 1.807) is 7.11 Å². The monoisotopic (exact) mass is 427 g/mol. The summed E-state index contributed by atoms with van der Waals surface area (Å²) in [6.07, 6.45) is 0.847. The fraction of sp³-hybridized carbons (Fsp3) is 0.500. The number of nitrogen functional groups attached to an aromatic ring is 1. The molecule has 0 saturated carbocycles. The molecule has 2 heterocycles. The minimum Gasteiger partial charge on any atom is -0.497 e. The van der Waals surface area contributed by atoms with Gasteiger partial charge in [-0.2, -0.15) is 9.97 Å². The highest BCUT2D eigenvalue weighted by Gasteiger charge is 2.27. The molecule has 1 aliphatic heterocycles. The van der Waals surface area contributed by atoms with E-state index in [-0.39, 0.29) is 17.5 Å². The van der Waals surface area contributed by atoms with Crippen molar-refractivity contribution in [1.82, 2.24) is 15.3 Å². The lowest BCUT2D eigenvalue weighted by atomic mass is 10.1. The van der Waals surface area contributed by atoms with Crippen molar-refractivity contribution in [1.29, 1.82) is 0 Å². The number of amides is 1. The van der Waals surface area contributed by atoms with Crippen molar-refractivity contribution in [2.24, 2.45) is 0 Å². The van der Waals surface area contributed by atoms with Crippen molar-refractivity contribution in [3.8, 4) is 5.75 Å². The Kier molecular flexibility index (Phi) is 6.72. The Morgan fingerprint density at radius 2 is 1.97 bits per heavy atom. The molecule has 1 fully saturated rings. The van der Waals surface area contributed by atoms with Crippen molar-refractivity contribution in [2.75, 3.05) is 41.5 Å². The molecular formula is C22H33N7O2. The molecule has 31 heavy (non-hydrogen) atoms. The lowest BCUT2D eigenvalue weighted by Gasteiger charge is -2.25. The average molecular weight is 428 g/mol. The van der Waals surface area contributed by atoms with Crippen LogP contribution in [0.5, 0.6) is 5.75 Å². The van der Waals surface area contributed by atoms with E-state index in [0.29, 0.717) is 36.4 Å². The first kappa shape index (κ1) is 22.5. The van der Waals surface area contributed by atoms with Crippen molar-refractivity contribution < 1.29 is 9.53 Å². The third-order valence-corrected chi connectivity index (χ3v) is 4.93. The third kappa shape index (κ3) is 6.13. The number of methoxy groups -OCH3 is 1. The number of nitrogens with zero attached hydrogens (tertiary/aromatic N) is 3. The largest absolute Gasteiger partial charge is 0.497 e. The molecule has 0 aliphatic carbocycles. The van der Waals surface area contributed by atoms with Gasteiger partial charge in [-0.05, 0) is 44.9 Å². The molecule has 1 saturated heterocycles. The van der Waals surface area contributed by atoms with Crippen molar-refractivity contribution >= 4 is 29.2 Å². The summed E-state index contributed by atoms with van der Waals surface area (Å²) in [5.74, 6) is 2.55. The molecule has 1 unspecified atom stereocenters. The van der Waals surface area contributed by atoms with Crippen LogP contribution in [-0.2, 0) is 11.3 Å². The lowest BCUT2D eigenvalue weighted by molar-refractivity contribution is -0.119. The summed E-state index contributed by atoms with van der Waals surface area (Å²) in [6.45, 7) is 9.69. The highest BCUT2D eigenvalue weighted by atomic mass is 16.5. The van der Waals surface area contributed by atoms with E-state index in [2.05, 4.69) is 46.6 Å². The minimum absolute atomic E-state index is 0.0283. The van der Waals surface area contributed by atoms with Gasteiger partial charge in [0, 0.05) is 38.1 Å². The van der Waals surface area contributed by atoms with Gasteiger partial charge in [0.15, 0.2) is 11.6 Å². The van der Waals surface area contributed by atoms with Crippen LogP contribution < -0.4 is 31.3 Å². The molecule has 9 heteroatoms. The number of nitrogens with one attached hydrogen (secondary N) is 3. The zero-order chi connectivity index (χ0) is 22.6. The molecule has 1 atom stereocenters. The maximum Gasteiger partial charge on any atom is 0.227 e. The number of rotatable bonds is 7. The van der Waals surface area contributed by atoms with Crippen LogP contribution in [0.2, 0.25) is 0 Å². The molecule has 1 aliphatic rings. The summed E-state index contributed by atoms with van der Waals surface area (Å²) < 4.78 is 5.22. The fourth-order valence-corrected chi connectivity index (χ4v) is 3.51. The van der Waals surface area contributed by atoms with Crippen LogP contribution in [0.3, 0.4) is 0 Å². The topological polar surface area (TPSA) is 117 Å². The molecule has 0 bridgehead atoms. The molecule has 0 spiro atoms. The molecule has 5 N–H and O–H groups in total. The summed E-state index contributed by atoms with van der Waals surface area (Å²) in [5.41, 5.74) is 7.86. The molecule has 1 amide bonds. The van der Waals surface area contributed by atoms with Gasteiger partial charge in [0.25, 0.3) is 0 Å². The quantitative estimate of drug-likeness (QED) is 0.533. The Morgan fingerprint density at radius 3 is 2.58 bits per heavy atom. The summed E-state index contributed by atoms with van der Waals surface area (Å²) in [6, 6.07) is 7.92. The molecule has 1 aromatic heterocycles. The number of carbonyl (C=O) groups is 1. The maximum atomic E-state index is 11.4. The number of benzene rings is 1. The van der Waals surface area contributed by atoms with Gasteiger partial charge in [0.2, 0.25) is 11.9 Å². The van der Waals surface area contributed by atoms with Crippen LogP contribution in [0.25, 0.3) is 0 Å². The predicted octanol–water partition coefficient (Wildman–Crippen LogP) is 2.60. The van der Waals surface area contributed by atoms with Gasteiger partial charge in [-0.3, -0.25) is 4.79 Å². The summed E-state index contributed by atoms with van der Waals surface area (Å²) in [4.78, 5) is 22.9. The van der Waals surface area contributed by atoms with E-state index in [1.807, 2.05) is 24.3 Å². The Bertz CT molecular complexity index is 909. The second-order valence-electron chi connectivity index (χ2n) is 8.84. The number of aromatic nitrogens is 2. The van der Waals surface area contributed by atoms with Gasteiger partial charge in [0.1, 0.15) is 11.4 Å². The Labute approximate surface area is 183 Å². The number of carbonyl (C=O) groups excluding carboxylic acids is 1. The number of anilines is 4. The molecule has 9 nitrogen and oxygen atoms in total. The second-order valence-corrected chi connectivity index (χ2v) is 8.84. The van der Waals surface area contributed by atoms with Crippen LogP contribution in [0.1, 0.15) is 39.7 Å². The van der Waals surface area contributed by atoms with Gasteiger partial charge in [0.05, 0.1) is 7.11 Å². The maximum absolute atomic E-state index is 11.4. The first-order valence-electron chi connectivity index (χ1n) is 10.5. The van der Waals surface area contributed by atoms with E-state index in [1.165, 1.54) is 6.92 Å². The first-order chi connectivity index (χ1) is 14.6. The molecule has 3 rings (SSSR count). The van der Waals surface area contributed by atoms with Crippen molar-refractivity contribution in [2.45, 2.75) is 52.2 Å². The van der Waals surface area contributed by atoms with Gasteiger partial charge >= 0.3 is 0 Å². The average Bonchev–Trinajstić information content (AvgIpc) is 3.14. The lowest BCUT2D eigenvalue weighted by Crippen LogP contribution is -2.36. The van der Waals surface area contributed by atoms with Crippen LogP contribution >= 0.6 is 0 Å². The van der Waals surface area contributed by atoms with Crippen LogP contribution in [0, 0.1) is 0 Å². The zero-order valence-corrected chi connectivity index (χ0v) is 19.0. The molecule has 1 aromatic carbocycles.